The molecule has 5 nitrogen and oxygen atoms in total. The summed E-state index contributed by atoms with van der Waals surface area (Å²) in [4.78, 5) is 6.54. The van der Waals surface area contributed by atoms with E-state index >= 15 is 0 Å². The van der Waals surface area contributed by atoms with Gasteiger partial charge in [-0.1, -0.05) is 6.92 Å². The third kappa shape index (κ3) is 7.71. The van der Waals surface area contributed by atoms with Gasteiger partial charge in [0.05, 0.1) is 5.67 Å². The van der Waals surface area contributed by atoms with Crippen LogP contribution in [-0.4, -0.2) is 97.5 Å². The number of hydrogen-bond acceptors (Lipinski definition) is 5. The Balaban J connectivity index is 4.63. The second kappa shape index (κ2) is 9.86. The highest BCUT2D eigenvalue weighted by atomic mass is 28.4. The van der Waals surface area contributed by atoms with Crippen molar-refractivity contribution in [3.05, 3.63) is 0 Å². The van der Waals surface area contributed by atoms with Crippen LogP contribution in [0.2, 0.25) is 6.55 Å². The lowest BCUT2D eigenvalue weighted by molar-refractivity contribution is 0.122. The van der Waals surface area contributed by atoms with Gasteiger partial charge in [0.25, 0.3) is 0 Å². The Bertz CT molecular complexity index is 237. The second-order valence-corrected chi connectivity index (χ2v) is 9.48. The topological polar surface area (TPSA) is 28.2 Å². The molecule has 0 spiro atoms. The molecule has 1 unspecified atom stereocenters. The smallest absolute Gasteiger partial charge is 0.352 e. The number of hydrogen-bond donors (Lipinski definition) is 0. The maximum Gasteiger partial charge on any atom is 0.352 e. The van der Waals surface area contributed by atoms with Gasteiger partial charge in [-0.25, -0.2) is 0 Å². The normalized spacial score (nSPS) is 14.6. The molecule has 0 saturated heterocycles. The summed E-state index contributed by atoms with van der Waals surface area (Å²) < 4.78 is 12.5. The molecular weight excluding hydrogens is 270 g/mol. The van der Waals surface area contributed by atoms with Gasteiger partial charge in [-0.15, -0.1) is 0 Å². The van der Waals surface area contributed by atoms with Crippen LogP contribution in [0.25, 0.3) is 0 Å². The first-order chi connectivity index (χ1) is 9.23. The van der Waals surface area contributed by atoms with Crippen LogP contribution in [0, 0.1) is 0 Å². The Morgan fingerprint density at radius 3 is 1.50 bits per heavy atom. The fourth-order valence-electron chi connectivity index (χ4n) is 2.30. The third-order valence-electron chi connectivity index (χ3n) is 3.47. The predicted molar refractivity (Wildman–Crippen MR) is 88.4 cm³/mol. The lowest BCUT2D eigenvalue weighted by Crippen LogP contribution is -2.57. The van der Waals surface area contributed by atoms with E-state index in [1.165, 1.54) is 0 Å². The van der Waals surface area contributed by atoms with Crippen LogP contribution in [0.15, 0.2) is 0 Å². The molecule has 6 heteroatoms. The molecule has 0 radical (unpaired) electrons. The van der Waals surface area contributed by atoms with Crippen molar-refractivity contribution < 1.29 is 8.85 Å². The zero-order valence-corrected chi connectivity index (χ0v) is 15.8. The Kier molecular flexibility index (Phi) is 9.87. The lowest BCUT2D eigenvalue weighted by atomic mass is 10.4. The van der Waals surface area contributed by atoms with Gasteiger partial charge >= 0.3 is 8.56 Å². The fraction of sp³-hybridized carbons (Fsp3) is 1.00. The quantitative estimate of drug-likeness (QED) is 0.533. The van der Waals surface area contributed by atoms with Gasteiger partial charge in [-0.05, 0) is 55.3 Å². The van der Waals surface area contributed by atoms with E-state index in [9.17, 15) is 0 Å². The lowest BCUT2D eigenvalue weighted by Gasteiger charge is -2.38. The standard InChI is InChI=1S/C14H35N3O2Si/c1-9-14(17(6)7)20(8,18-12-10-15(2)3)19-13-11-16(4)5/h14H,9-13H2,1-8H3. The summed E-state index contributed by atoms with van der Waals surface area (Å²) >= 11 is 0. The number of rotatable bonds is 11. The Labute approximate surface area is 127 Å². The van der Waals surface area contributed by atoms with E-state index in [4.69, 9.17) is 8.85 Å². The van der Waals surface area contributed by atoms with Crippen LogP contribution in [-0.2, 0) is 8.85 Å². The summed E-state index contributed by atoms with van der Waals surface area (Å²) in [5.74, 6) is 0. The van der Waals surface area contributed by atoms with Crippen molar-refractivity contribution in [1.82, 2.24) is 14.7 Å². The molecule has 0 fully saturated rings. The number of nitrogens with zero attached hydrogens (tertiary/aromatic N) is 3. The van der Waals surface area contributed by atoms with Crippen molar-refractivity contribution in [2.75, 3.05) is 68.6 Å². The fourth-order valence-corrected chi connectivity index (χ4v) is 5.44. The molecule has 0 amide bonds. The second-order valence-electron chi connectivity index (χ2n) is 6.21. The molecule has 0 aliphatic rings. The molecule has 0 heterocycles. The monoisotopic (exact) mass is 305 g/mol. The molecule has 0 rings (SSSR count). The highest BCUT2D eigenvalue weighted by Gasteiger charge is 2.41. The molecule has 0 bridgehead atoms. The van der Waals surface area contributed by atoms with Gasteiger partial charge in [0.15, 0.2) is 0 Å². The van der Waals surface area contributed by atoms with Crippen molar-refractivity contribution in [3.63, 3.8) is 0 Å². The van der Waals surface area contributed by atoms with Crippen molar-refractivity contribution in [2.24, 2.45) is 0 Å². The largest absolute Gasteiger partial charge is 0.392 e. The minimum absolute atomic E-state index is 0.381. The van der Waals surface area contributed by atoms with E-state index in [0.29, 0.717) is 5.67 Å². The molecule has 1 atom stereocenters. The minimum atomic E-state index is -2.20. The van der Waals surface area contributed by atoms with E-state index in [0.717, 1.165) is 32.7 Å². The summed E-state index contributed by atoms with van der Waals surface area (Å²) in [7, 11) is 10.3. The van der Waals surface area contributed by atoms with E-state index in [-0.39, 0.29) is 0 Å². The van der Waals surface area contributed by atoms with E-state index < -0.39 is 8.56 Å². The van der Waals surface area contributed by atoms with E-state index in [1.807, 2.05) is 0 Å². The van der Waals surface area contributed by atoms with Gasteiger partial charge in [0, 0.05) is 26.3 Å². The van der Waals surface area contributed by atoms with E-state index in [2.05, 4.69) is 70.5 Å². The molecule has 0 aromatic rings. The van der Waals surface area contributed by atoms with Gasteiger partial charge in [0.1, 0.15) is 0 Å². The van der Waals surface area contributed by atoms with Crippen LogP contribution >= 0.6 is 0 Å². The zero-order valence-electron chi connectivity index (χ0n) is 14.8. The predicted octanol–water partition coefficient (Wildman–Crippen LogP) is 1.09. The molecule has 20 heavy (non-hydrogen) atoms. The van der Waals surface area contributed by atoms with Gasteiger partial charge in [-0.2, -0.15) is 0 Å². The molecule has 0 N–H and O–H groups in total. The first-order valence-corrected chi connectivity index (χ1v) is 9.86. The average Bonchev–Trinajstić information content (AvgIpc) is 2.27. The molecule has 0 aromatic carbocycles. The number of likely N-dealkylation sites (N-methyl/N-ethyl adjacent to an activating group) is 2. The van der Waals surface area contributed by atoms with Crippen LogP contribution in [0.1, 0.15) is 13.3 Å². The Morgan fingerprint density at radius 1 is 0.850 bits per heavy atom. The summed E-state index contributed by atoms with van der Waals surface area (Å²) in [5, 5.41) is 0. The van der Waals surface area contributed by atoms with Crippen molar-refractivity contribution in [3.8, 4) is 0 Å². The first-order valence-electron chi connectivity index (χ1n) is 7.46. The Hall–Kier alpha value is 0.0169. The highest BCUT2D eigenvalue weighted by Crippen LogP contribution is 2.19. The first kappa shape index (κ1) is 20.0. The molecule has 0 aliphatic heterocycles. The van der Waals surface area contributed by atoms with Crippen LogP contribution in [0.5, 0.6) is 0 Å². The van der Waals surface area contributed by atoms with Crippen molar-refractivity contribution in [2.45, 2.75) is 25.6 Å². The van der Waals surface area contributed by atoms with Gasteiger partial charge in [-0.3, -0.25) is 0 Å². The SMILES string of the molecule is CCC(N(C)C)[Si](C)(OCCN(C)C)OCCN(C)C. The van der Waals surface area contributed by atoms with Gasteiger partial charge in [0.2, 0.25) is 0 Å². The van der Waals surface area contributed by atoms with Crippen molar-refractivity contribution >= 4 is 8.56 Å². The van der Waals surface area contributed by atoms with Crippen LogP contribution < -0.4 is 0 Å². The molecule has 0 aliphatic carbocycles. The molecular formula is C14H35N3O2Si. The van der Waals surface area contributed by atoms with Gasteiger partial charge < -0.3 is 23.6 Å². The van der Waals surface area contributed by atoms with Crippen LogP contribution in [0.3, 0.4) is 0 Å². The molecule has 0 saturated carbocycles. The summed E-state index contributed by atoms with van der Waals surface area (Å²) in [5.41, 5.74) is 0.381. The summed E-state index contributed by atoms with van der Waals surface area (Å²) in [6, 6.07) is 0. The maximum atomic E-state index is 6.25. The molecule has 122 valence electrons. The van der Waals surface area contributed by atoms with E-state index in [1.54, 1.807) is 0 Å². The third-order valence-corrected chi connectivity index (χ3v) is 7.16. The maximum absolute atomic E-state index is 6.25. The molecule has 0 aromatic heterocycles. The summed E-state index contributed by atoms with van der Waals surface area (Å²) in [6.45, 7) is 7.75. The van der Waals surface area contributed by atoms with Crippen molar-refractivity contribution in [1.29, 1.82) is 0 Å². The Morgan fingerprint density at radius 2 is 1.25 bits per heavy atom. The van der Waals surface area contributed by atoms with Crippen LogP contribution in [0.4, 0.5) is 0 Å². The zero-order chi connectivity index (χ0) is 15.8. The summed E-state index contributed by atoms with van der Waals surface area (Å²) in [6.07, 6.45) is 1.06. The average molecular weight is 306 g/mol. The highest BCUT2D eigenvalue weighted by molar-refractivity contribution is 6.67. The minimum Gasteiger partial charge on any atom is -0.392 e.